The first-order chi connectivity index (χ1) is 12.0. The molecule has 0 amide bonds. The van der Waals surface area contributed by atoms with Crippen LogP contribution in [0.4, 0.5) is 11.4 Å². The number of nitrogens with zero attached hydrogens (tertiary/aromatic N) is 3. The lowest BCUT2D eigenvalue weighted by Gasteiger charge is -2.23. The van der Waals surface area contributed by atoms with E-state index >= 15 is 0 Å². The van der Waals surface area contributed by atoms with E-state index in [0.29, 0.717) is 18.7 Å². The van der Waals surface area contributed by atoms with Gasteiger partial charge in [-0.15, -0.1) is 0 Å². The summed E-state index contributed by atoms with van der Waals surface area (Å²) in [6.07, 6.45) is 0. The van der Waals surface area contributed by atoms with E-state index in [0.717, 1.165) is 22.2 Å². The minimum Gasteiger partial charge on any atom is -0.346 e. The van der Waals surface area contributed by atoms with E-state index in [4.69, 9.17) is 0 Å². The van der Waals surface area contributed by atoms with Crippen LogP contribution < -0.4 is 4.90 Å². The number of β-amino-alcohol motifs (C(OH)–C–C–N with tert-alkyl or cyclic N) is 1. The fourth-order valence-electron chi connectivity index (χ4n) is 3.51. The Morgan fingerprint density at radius 3 is 2.84 bits per heavy atom. The highest BCUT2D eigenvalue weighted by Crippen LogP contribution is 2.39. The second kappa shape index (κ2) is 5.86. The Bertz CT molecular complexity index is 899. The average molecular weight is 356 g/mol. The molecule has 128 valence electrons. The molecule has 2 aromatic carbocycles. The number of rotatable bonds is 3. The van der Waals surface area contributed by atoms with Gasteiger partial charge in [0.05, 0.1) is 11.5 Å². The Kier molecular flexibility index (Phi) is 3.77. The number of amidine groups is 1. The van der Waals surface area contributed by atoms with Crippen LogP contribution in [0.1, 0.15) is 11.1 Å². The van der Waals surface area contributed by atoms with Crippen LogP contribution in [0.2, 0.25) is 0 Å². The summed E-state index contributed by atoms with van der Waals surface area (Å²) in [5.74, 6) is 0.884. The molecule has 1 unspecified atom stereocenters. The van der Waals surface area contributed by atoms with Crippen molar-refractivity contribution in [3.63, 3.8) is 0 Å². The van der Waals surface area contributed by atoms with E-state index in [1.54, 1.807) is 23.9 Å². The molecule has 0 aromatic heterocycles. The standard InChI is InChI=1S/C18H18N3O3S/c1-13-5-2-3-8-16(13)19-12-18(22,20-9-10-25-17(19)20)14-6-4-7-15(11-14)21(23)24/h2-8,11,22H,9-10,12H2,1H3/q+1. The van der Waals surface area contributed by atoms with Gasteiger partial charge >= 0.3 is 5.17 Å². The molecule has 1 atom stereocenters. The van der Waals surface area contributed by atoms with E-state index in [-0.39, 0.29) is 5.69 Å². The molecule has 0 saturated carbocycles. The first kappa shape index (κ1) is 16.1. The largest absolute Gasteiger partial charge is 0.346 e. The maximum Gasteiger partial charge on any atom is 0.316 e. The first-order valence-electron chi connectivity index (χ1n) is 8.08. The van der Waals surface area contributed by atoms with E-state index in [1.807, 2.05) is 35.8 Å². The smallest absolute Gasteiger partial charge is 0.316 e. The summed E-state index contributed by atoms with van der Waals surface area (Å²) in [5, 5.41) is 23.6. The third-order valence-corrected chi connectivity index (χ3v) is 5.84. The first-order valence-corrected chi connectivity index (χ1v) is 9.07. The van der Waals surface area contributed by atoms with Gasteiger partial charge in [-0.25, -0.2) is 9.48 Å². The summed E-state index contributed by atoms with van der Waals surface area (Å²) >= 11 is 1.71. The number of non-ortho nitro benzene ring substituents is 1. The van der Waals surface area contributed by atoms with Gasteiger partial charge in [0.1, 0.15) is 5.69 Å². The zero-order valence-electron chi connectivity index (χ0n) is 13.8. The zero-order valence-corrected chi connectivity index (χ0v) is 14.6. The maximum atomic E-state index is 11.5. The number of benzene rings is 2. The predicted octanol–water partition coefficient (Wildman–Crippen LogP) is 2.68. The number of nitro groups is 1. The monoisotopic (exact) mass is 356 g/mol. The molecule has 25 heavy (non-hydrogen) atoms. The second-order valence-electron chi connectivity index (χ2n) is 6.28. The molecule has 7 heteroatoms. The molecule has 1 N–H and O–H groups in total. The van der Waals surface area contributed by atoms with Crippen molar-refractivity contribution in [3.8, 4) is 0 Å². The Morgan fingerprint density at radius 1 is 1.28 bits per heavy atom. The summed E-state index contributed by atoms with van der Waals surface area (Å²) < 4.78 is 1.96. The molecule has 2 aliphatic rings. The number of aryl methyl sites for hydroxylation is 1. The zero-order chi connectivity index (χ0) is 17.6. The fourth-order valence-corrected chi connectivity index (χ4v) is 4.69. The van der Waals surface area contributed by atoms with Crippen molar-refractivity contribution in [1.29, 1.82) is 0 Å². The number of aliphatic hydroxyl groups is 1. The van der Waals surface area contributed by atoms with E-state index in [2.05, 4.69) is 4.90 Å². The Labute approximate surface area is 149 Å². The molecule has 0 spiro atoms. The molecular weight excluding hydrogens is 338 g/mol. The third kappa shape index (κ3) is 2.51. The SMILES string of the molecule is Cc1ccccc1N1CC(O)(c2cccc([N+](=O)[O-])c2)[N+]2=C1SCC2. The van der Waals surface area contributed by atoms with Crippen molar-refractivity contribution >= 4 is 28.3 Å². The van der Waals surface area contributed by atoms with Crippen molar-refractivity contribution in [3.05, 3.63) is 69.8 Å². The molecule has 2 heterocycles. The van der Waals surface area contributed by atoms with Crippen LogP contribution in [0.15, 0.2) is 48.5 Å². The van der Waals surface area contributed by atoms with Crippen LogP contribution in [0, 0.1) is 17.0 Å². The topological polar surface area (TPSA) is 69.6 Å². The molecule has 2 aliphatic heterocycles. The average Bonchev–Trinajstić information content (AvgIpc) is 3.19. The number of para-hydroxylation sites is 1. The molecule has 6 nitrogen and oxygen atoms in total. The van der Waals surface area contributed by atoms with Crippen LogP contribution in [0.25, 0.3) is 0 Å². The molecule has 0 saturated heterocycles. The van der Waals surface area contributed by atoms with E-state index in [1.165, 1.54) is 12.1 Å². The molecule has 4 rings (SSSR count). The van der Waals surface area contributed by atoms with Crippen LogP contribution in [-0.2, 0) is 5.72 Å². The lowest BCUT2D eigenvalue weighted by molar-refractivity contribution is -0.650. The van der Waals surface area contributed by atoms with Gasteiger partial charge in [0.25, 0.3) is 11.4 Å². The number of hydrogen-bond donors (Lipinski definition) is 1. The minimum atomic E-state index is -1.27. The van der Waals surface area contributed by atoms with E-state index in [9.17, 15) is 15.2 Å². The molecule has 0 aliphatic carbocycles. The fraction of sp³-hybridized carbons (Fsp3) is 0.278. The highest BCUT2D eigenvalue weighted by molar-refractivity contribution is 8.14. The van der Waals surface area contributed by atoms with Crippen LogP contribution >= 0.6 is 11.8 Å². The van der Waals surface area contributed by atoms with Gasteiger partial charge in [-0.3, -0.25) is 10.1 Å². The van der Waals surface area contributed by atoms with Crippen LogP contribution in [0.5, 0.6) is 0 Å². The minimum absolute atomic E-state index is 0.00586. The Balaban J connectivity index is 1.81. The van der Waals surface area contributed by atoms with Crippen molar-refractivity contribution in [2.75, 3.05) is 23.7 Å². The molecule has 2 aromatic rings. The van der Waals surface area contributed by atoms with Gasteiger partial charge in [-0.1, -0.05) is 30.3 Å². The normalized spacial score (nSPS) is 22.4. The van der Waals surface area contributed by atoms with Gasteiger partial charge in [0.15, 0.2) is 6.54 Å². The summed E-state index contributed by atoms with van der Waals surface area (Å²) in [6.45, 7) is 3.10. The van der Waals surface area contributed by atoms with Crippen molar-refractivity contribution in [2.45, 2.75) is 12.6 Å². The number of anilines is 1. The number of hydrogen-bond acceptors (Lipinski definition) is 5. The summed E-state index contributed by atoms with van der Waals surface area (Å²) in [6, 6.07) is 14.4. The summed E-state index contributed by atoms with van der Waals surface area (Å²) in [4.78, 5) is 12.8. The van der Waals surface area contributed by atoms with Gasteiger partial charge in [0.2, 0.25) is 0 Å². The maximum absolute atomic E-state index is 11.5. The highest BCUT2D eigenvalue weighted by Gasteiger charge is 2.54. The van der Waals surface area contributed by atoms with Crippen molar-refractivity contribution in [1.82, 2.24) is 0 Å². The lowest BCUT2D eigenvalue weighted by Crippen LogP contribution is -2.41. The lowest BCUT2D eigenvalue weighted by atomic mass is 10.0. The second-order valence-corrected chi connectivity index (χ2v) is 7.34. The van der Waals surface area contributed by atoms with Gasteiger partial charge < -0.3 is 5.11 Å². The third-order valence-electron chi connectivity index (χ3n) is 4.76. The Morgan fingerprint density at radius 2 is 2.08 bits per heavy atom. The molecule has 0 radical (unpaired) electrons. The predicted molar refractivity (Wildman–Crippen MR) is 98.1 cm³/mol. The molecule has 0 fully saturated rings. The van der Waals surface area contributed by atoms with E-state index < -0.39 is 10.6 Å². The quantitative estimate of drug-likeness (QED) is 0.520. The van der Waals surface area contributed by atoms with Gasteiger partial charge in [-0.05, 0) is 30.3 Å². The molecule has 0 bridgehead atoms. The highest BCUT2D eigenvalue weighted by atomic mass is 32.2. The van der Waals surface area contributed by atoms with Crippen molar-refractivity contribution < 1.29 is 14.6 Å². The van der Waals surface area contributed by atoms with Crippen molar-refractivity contribution in [2.24, 2.45) is 0 Å². The summed E-state index contributed by atoms with van der Waals surface area (Å²) in [5.41, 5.74) is 1.46. The molecular formula is C18H18N3O3S+. The van der Waals surface area contributed by atoms with Crippen LogP contribution in [0.3, 0.4) is 0 Å². The van der Waals surface area contributed by atoms with Crippen LogP contribution in [-0.4, -0.2) is 38.6 Å². The summed E-state index contributed by atoms with van der Waals surface area (Å²) in [7, 11) is 0. The van der Waals surface area contributed by atoms with Gasteiger partial charge in [-0.2, -0.15) is 0 Å². The Hall–Kier alpha value is -2.38. The number of thioether (sulfide) groups is 1. The number of nitro benzene ring substituents is 1. The van der Waals surface area contributed by atoms with Gasteiger partial charge in [0, 0.05) is 23.4 Å².